The highest BCUT2D eigenvalue weighted by Crippen LogP contribution is 2.60. The molecule has 174 valence electrons. The third kappa shape index (κ3) is 3.76. The number of rotatable bonds is 5. The Balaban J connectivity index is 1.13. The van der Waals surface area contributed by atoms with Crippen LogP contribution in [0.5, 0.6) is 0 Å². The van der Waals surface area contributed by atoms with E-state index < -0.39 is 0 Å². The van der Waals surface area contributed by atoms with Gasteiger partial charge in [-0.05, 0) is 81.1 Å². The number of ether oxygens (including phenoxy) is 1. The van der Waals surface area contributed by atoms with Crippen molar-refractivity contribution in [3.05, 3.63) is 18.0 Å². The molecule has 7 nitrogen and oxygen atoms in total. The van der Waals surface area contributed by atoms with Gasteiger partial charge >= 0.3 is 0 Å². The Bertz CT molecular complexity index is 839. The Labute approximate surface area is 190 Å². The zero-order valence-corrected chi connectivity index (χ0v) is 19.0. The summed E-state index contributed by atoms with van der Waals surface area (Å²) in [5.74, 6) is 3.20. The number of carbonyl (C=O) groups excluding carboxylic acids is 2. The molecule has 5 fully saturated rings. The number of nitrogens with one attached hydrogen (secondary N) is 1. The summed E-state index contributed by atoms with van der Waals surface area (Å²) in [5.41, 5.74) is 0.920. The predicted molar refractivity (Wildman–Crippen MR) is 118 cm³/mol. The molecule has 7 heteroatoms. The van der Waals surface area contributed by atoms with E-state index >= 15 is 0 Å². The monoisotopic (exact) mass is 440 g/mol. The van der Waals surface area contributed by atoms with Gasteiger partial charge in [0, 0.05) is 32.5 Å². The summed E-state index contributed by atoms with van der Waals surface area (Å²) in [6.45, 7) is 3.53. The van der Waals surface area contributed by atoms with Crippen molar-refractivity contribution in [1.29, 1.82) is 0 Å². The first-order chi connectivity index (χ1) is 15.6. The fraction of sp³-hybridized carbons (Fsp3) is 0.800. The maximum Gasteiger partial charge on any atom is 0.229 e. The molecule has 1 unspecified atom stereocenters. The van der Waals surface area contributed by atoms with E-state index in [9.17, 15) is 9.59 Å². The van der Waals surface area contributed by atoms with E-state index in [4.69, 9.17) is 4.74 Å². The van der Waals surface area contributed by atoms with Gasteiger partial charge in [0.25, 0.3) is 0 Å². The molecule has 3 heterocycles. The molecule has 32 heavy (non-hydrogen) atoms. The van der Waals surface area contributed by atoms with Gasteiger partial charge in [0.05, 0.1) is 30.1 Å². The van der Waals surface area contributed by atoms with Gasteiger partial charge in [-0.2, -0.15) is 5.10 Å². The van der Waals surface area contributed by atoms with Gasteiger partial charge < -0.3 is 15.0 Å². The normalized spacial score (nSPS) is 36.2. The Kier molecular flexibility index (Phi) is 5.27. The summed E-state index contributed by atoms with van der Waals surface area (Å²) in [6, 6.07) is 1.92. The van der Waals surface area contributed by atoms with Gasteiger partial charge in [0.1, 0.15) is 0 Å². The number of hydrogen-bond acceptors (Lipinski definition) is 4. The summed E-state index contributed by atoms with van der Waals surface area (Å²) in [7, 11) is 0. The third-order valence-corrected chi connectivity index (χ3v) is 9.01. The SMILES string of the molecule is O=C(CC1CN(C(=O)C23CC4CC(CC(C4)C2)C3)Cc2ccnn21)NCC1CCOCC1. The summed E-state index contributed by atoms with van der Waals surface area (Å²) in [4.78, 5) is 28.8. The van der Waals surface area contributed by atoms with E-state index in [1.165, 1.54) is 19.3 Å². The van der Waals surface area contributed by atoms with Gasteiger partial charge in [-0.3, -0.25) is 14.3 Å². The fourth-order valence-corrected chi connectivity index (χ4v) is 7.90. The molecule has 4 bridgehead atoms. The molecule has 2 amide bonds. The highest BCUT2D eigenvalue weighted by molar-refractivity contribution is 5.83. The molecule has 1 aromatic rings. The lowest BCUT2D eigenvalue weighted by Crippen LogP contribution is -2.56. The van der Waals surface area contributed by atoms with Gasteiger partial charge in [-0.15, -0.1) is 0 Å². The summed E-state index contributed by atoms with van der Waals surface area (Å²) in [5, 5.41) is 7.65. The number of fused-ring (bicyclic) bond motifs is 1. The molecular weight excluding hydrogens is 404 g/mol. The molecule has 1 saturated heterocycles. The standard InChI is InChI=1S/C25H36N4O3/c30-23(26-14-17-2-5-32-6-3-17)10-22-16-28(15-21-1-4-27-29(21)22)24(31)25-11-18-7-19(12-25)9-20(8-18)13-25/h1,4,17-20,22H,2-3,5-16H2,(H,26,30). The van der Waals surface area contributed by atoms with E-state index in [1.807, 2.05) is 10.7 Å². The quantitative estimate of drug-likeness (QED) is 0.764. The Morgan fingerprint density at radius 1 is 1.09 bits per heavy atom. The Morgan fingerprint density at radius 3 is 2.47 bits per heavy atom. The highest BCUT2D eigenvalue weighted by Gasteiger charge is 2.56. The van der Waals surface area contributed by atoms with Crippen molar-refractivity contribution in [2.24, 2.45) is 29.1 Å². The lowest BCUT2D eigenvalue weighted by molar-refractivity contribution is -0.160. The van der Waals surface area contributed by atoms with E-state index in [0.29, 0.717) is 31.3 Å². The molecule has 1 N–H and O–H groups in total. The molecule has 0 spiro atoms. The fourth-order valence-electron chi connectivity index (χ4n) is 7.90. The van der Waals surface area contributed by atoms with Crippen LogP contribution in [-0.4, -0.2) is 52.8 Å². The lowest BCUT2D eigenvalue weighted by Gasteiger charge is -2.57. The maximum atomic E-state index is 13.9. The lowest BCUT2D eigenvalue weighted by atomic mass is 9.49. The summed E-state index contributed by atoms with van der Waals surface area (Å²) < 4.78 is 7.40. The number of nitrogens with zero attached hydrogens (tertiary/aromatic N) is 3. The van der Waals surface area contributed by atoms with Crippen LogP contribution in [-0.2, 0) is 20.9 Å². The first-order valence-electron chi connectivity index (χ1n) is 12.7. The molecule has 6 aliphatic rings. The van der Waals surface area contributed by atoms with Crippen LogP contribution in [0.25, 0.3) is 0 Å². The van der Waals surface area contributed by atoms with Crippen LogP contribution in [0, 0.1) is 29.1 Å². The Hall–Kier alpha value is -1.89. The van der Waals surface area contributed by atoms with Crippen molar-refractivity contribution >= 4 is 11.8 Å². The first kappa shape index (κ1) is 20.7. The zero-order chi connectivity index (χ0) is 21.7. The van der Waals surface area contributed by atoms with Gasteiger partial charge in [-0.1, -0.05) is 0 Å². The van der Waals surface area contributed by atoms with Crippen LogP contribution in [0.3, 0.4) is 0 Å². The molecule has 1 atom stereocenters. The van der Waals surface area contributed by atoms with Crippen molar-refractivity contribution in [2.75, 3.05) is 26.3 Å². The van der Waals surface area contributed by atoms with Gasteiger partial charge in [-0.25, -0.2) is 0 Å². The van der Waals surface area contributed by atoms with Crippen LogP contribution in [0.1, 0.15) is 69.5 Å². The third-order valence-electron chi connectivity index (χ3n) is 9.01. The number of carbonyl (C=O) groups is 2. The van der Waals surface area contributed by atoms with Crippen LogP contribution >= 0.6 is 0 Å². The minimum atomic E-state index is -0.132. The average Bonchev–Trinajstić information content (AvgIpc) is 3.26. The van der Waals surface area contributed by atoms with Crippen LogP contribution in [0.4, 0.5) is 0 Å². The second kappa shape index (κ2) is 8.15. The van der Waals surface area contributed by atoms with Gasteiger partial charge in [0.15, 0.2) is 0 Å². The molecule has 0 radical (unpaired) electrons. The molecule has 1 aromatic heterocycles. The van der Waals surface area contributed by atoms with Crippen molar-refractivity contribution in [3.8, 4) is 0 Å². The summed E-state index contributed by atoms with van der Waals surface area (Å²) >= 11 is 0. The van der Waals surface area contributed by atoms with E-state index in [1.54, 1.807) is 6.20 Å². The first-order valence-corrected chi connectivity index (χ1v) is 12.7. The summed E-state index contributed by atoms with van der Waals surface area (Å²) in [6.07, 6.45) is 11.5. The van der Waals surface area contributed by atoms with Crippen molar-refractivity contribution in [2.45, 2.75) is 70.4 Å². The van der Waals surface area contributed by atoms with Crippen molar-refractivity contribution in [1.82, 2.24) is 20.0 Å². The number of amides is 2. The van der Waals surface area contributed by atoms with E-state index in [-0.39, 0.29) is 17.4 Å². The van der Waals surface area contributed by atoms with Crippen molar-refractivity contribution < 1.29 is 14.3 Å². The van der Waals surface area contributed by atoms with Crippen LogP contribution in [0.2, 0.25) is 0 Å². The van der Waals surface area contributed by atoms with Crippen LogP contribution < -0.4 is 5.32 Å². The minimum Gasteiger partial charge on any atom is -0.381 e. The largest absolute Gasteiger partial charge is 0.381 e. The second-order valence-electron chi connectivity index (χ2n) is 11.4. The zero-order valence-electron chi connectivity index (χ0n) is 19.0. The molecule has 7 rings (SSSR count). The maximum absolute atomic E-state index is 13.9. The molecular formula is C25H36N4O3. The van der Waals surface area contributed by atoms with Gasteiger partial charge in [0.2, 0.25) is 11.8 Å². The number of hydrogen-bond donors (Lipinski definition) is 1. The molecule has 0 aromatic carbocycles. The molecule has 4 saturated carbocycles. The molecule has 2 aliphatic heterocycles. The van der Waals surface area contributed by atoms with E-state index in [0.717, 1.165) is 75.3 Å². The predicted octanol–water partition coefficient (Wildman–Crippen LogP) is 2.92. The topological polar surface area (TPSA) is 76.5 Å². The molecule has 4 aliphatic carbocycles. The number of aromatic nitrogens is 2. The Morgan fingerprint density at radius 2 is 1.78 bits per heavy atom. The van der Waals surface area contributed by atoms with Crippen molar-refractivity contribution in [3.63, 3.8) is 0 Å². The van der Waals surface area contributed by atoms with E-state index in [2.05, 4.69) is 15.3 Å². The average molecular weight is 441 g/mol. The minimum absolute atomic E-state index is 0.0621. The second-order valence-corrected chi connectivity index (χ2v) is 11.4. The highest BCUT2D eigenvalue weighted by atomic mass is 16.5. The van der Waals surface area contributed by atoms with Crippen LogP contribution in [0.15, 0.2) is 12.3 Å². The smallest absolute Gasteiger partial charge is 0.229 e.